The Kier molecular flexibility index (Phi) is 4.34. The number of aromatic hydroxyl groups is 1. The Bertz CT molecular complexity index is 1130. The van der Waals surface area contributed by atoms with Gasteiger partial charge in [0, 0.05) is 36.7 Å². The van der Waals surface area contributed by atoms with Crippen LogP contribution in [-0.2, 0) is 7.05 Å². The van der Waals surface area contributed by atoms with Gasteiger partial charge in [0.2, 0.25) is 5.88 Å². The lowest BCUT2D eigenvalue weighted by atomic mass is 10.2. The number of azo groups is 1. The fourth-order valence-electron chi connectivity index (χ4n) is 2.52. The molecule has 0 spiro atoms. The van der Waals surface area contributed by atoms with Gasteiger partial charge in [-0.15, -0.1) is 10.2 Å². The fourth-order valence-corrected chi connectivity index (χ4v) is 2.52. The van der Waals surface area contributed by atoms with E-state index in [2.05, 4.69) is 10.2 Å². The zero-order valence-electron chi connectivity index (χ0n) is 13.8. The summed E-state index contributed by atoms with van der Waals surface area (Å²) in [6.07, 6.45) is 0. The van der Waals surface area contributed by atoms with Crippen molar-refractivity contribution in [3.63, 3.8) is 0 Å². The van der Waals surface area contributed by atoms with Gasteiger partial charge in [-0.3, -0.25) is 25.0 Å². The second-order valence-corrected chi connectivity index (χ2v) is 5.50. The third kappa shape index (κ3) is 3.20. The number of aromatic nitrogens is 1. The van der Waals surface area contributed by atoms with Crippen LogP contribution in [0.15, 0.2) is 52.7 Å². The molecule has 0 aliphatic rings. The van der Waals surface area contributed by atoms with E-state index in [4.69, 9.17) is 0 Å². The maximum atomic E-state index is 12.1. The van der Waals surface area contributed by atoms with E-state index in [-0.39, 0.29) is 33.9 Å². The molecule has 11 heteroatoms. The van der Waals surface area contributed by atoms with Gasteiger partial charge in [-0.05, 0) is 12.1 Å². The second kappa shape index (κ2) is 6.63. The van der Waals surface area contributed by atoms with Crippen LogP contribution in [0, 0.1) is 20.2 Å². The topological polar surface area (TPSA) is 153 Å². The first-order valence-corrected chi connectivity index (χ1v) is 7.46. The minimum Gasteiger partial charge on any atom is -0.493 e. The number of carbonyl (C=O) groups excluding carboxylic acids is 1. The van der Waals surface area contributed by atoms with Crippen molar-refractivity contribution in [2.45, 2.75) is 0 Å². The Labute approximate surface area is 150 Å². The molecule has 3 rings (SSSR count). The molecule has 1 N–H and O–H groups in total. The van der Waals surface area contributed by atoms with Crippen molar-refractivity contribution in [1.82, 2.24) is 4.57 Å². The first-order valence-electron chi connectivity index (χ1n) is 7.46. The number of aryl methyl sites for hydroxylation is 1. The number of hydrogen-bond donors (Lipinski definition) is 1. The molecular formula is C16H11N5O6. The van der Waals surface area contributed by atoms with E-state index in [1.54, 1.807) is 0 Å². The molecule has 1 aromatic heterocycles. The van der Waals surface area contributed by atoms with Crippen molar-refractivity contribution in [2.75, 3.05) is 0 Å². The Morgan fingerprint density at radius 1 is 1.07 bits per heavy atom. The van der Waals surface area contributed by atoms with E-state index in [0.29, 0.717) is 5.52 Å². The lowest BCUT2D eigenvalue weighted by Gasteiger charge is -1.96. The lowest BCUT2D eigenvalue weighted by Crippen LogP contribution is -1.96. The lowest BCUT2D eigenvalue weighted by molar-refractivity contribution is -0.385. The molecule has 0 aliphatic carbocycles. The van der Waals surface area contributed by atoms with Gasteiger partial charge in [-0.1, -0.05) is 6.07 Å². The number of nitro benzene ring substituents is 2. The number of fused-ring (bicyclic) bond motifs is 1. The van der Waals surface area contributed by atoms with Crippen LogP contribution in [0.1, 0.15) is 10.4 Å². The fraction of sp³-hybridized carbons (Fsp3) is 0.0625. The minimum atomic E-state index is -0.861. The number of nitrogens with zero attached hydrogens (tertiary/aromatic N) is 5. The predicted octanol–water partition coefficient (Wildman–Crippen LogP) is 3.62. The van der Waals surface area contributed by atoms with Crippen molar-refractivity contribution in [2.24, 2.45) is 17.3 Å². The maximum absolute atomic E-state index is 12.1. The number of nitro groups is 2. The molecule has 136 valence electrons. The van der Waals surface area contributed by atoms with E-state index in [9.17, 15) is 30.1 Å². The van der Waals surface area contributed by atoms with Crippen molar-refractivity contribution < 1.29 is 19.7 Å². The largest absolute Gasteiger partial charge is 0.493 e. The summed E-state index contributed by atoms with van der Waals surface area (Å²) in [6, 6.07) is 8.87. The van der Waals surface area contributed by atoms with E-state index >= 15 is 0 Å². The molecule has 0 bridgehead atoms. The highest BCUT2D eigenvalue weighted by Crippen LogP contribution is 2.39. The van der Waals surface area contributed by atoms with Crippen molar-refractivity contribution in [3.05, 3.63) is 68.3 Å². The Hall–Kier alpha value is -4.15. The van der Waals surface area contributed by atoms with Crippen LogP contribution in [0.3, 0.4) is 0 Å². The zero-order valence-corrected chi connectivity index (χ0v) is 13.8. The third-order valence-electron chi connectivity index (χ3n) is 3.88. The zero-order chi connectivity index (χ0) is 19.7. The molecule has 2 aromatic carbocycles. The van der Waals surface area contributed by atoms with Gasteiger partial charge in [-0.25, -0.2) is 0 Å². The number of hydrogen-bond acceptors (Lipinski definition) is 7. The highest BCUT2D eigenvalue weighted by molar-refractivity contribution is 5.98. The number of amides is 1. The second-order valence-electron chi connectivity index (χ2n) is 5.50. The van der Waals surface area contributed by atoms with E-state index in [0.717, 1.165) is 6.07 Å². The van der Waals surface area contributed by atoms with Gasteiger partial charge in [0.1, 0.15) is 0 Å². The average molecular weight is 369 g/mol. The number of rotatable bonds is 4. The Morgan fingerprint density at radius 3 is 2.41 bits per heavy atom. The number of non-ortho nitro benzene ring substituents is 2. The highest BCUT2D eigenvalue weighted by atomic mass is 16.6. The van der Waals surface area contributed by atoms with E-state index in [1.165, 1.54) is 48.0 Å². The van der Waals surface area contributed by atoms with Crippen LogP contribution < -0.4 is 0 Å². The van der Waals surface area contributed by atoms with Crippen LogP contribution in [0.5, 0.6) is 5.88 Å². The van der Waals surface area contributed by atoms with Crippen LogP contribution in [0.2, 0.25) is 0 Å². The van der Waals surface area contributed by atoms with Crippen molar-refractivity contribution in [1.29, 1.82) is 0 Å². The first-order chi connectivity index (χ1) is 12.8. The van der Waals surface area contributed by atoms with Gasteiger partial charge < -0.3 is 9.67 Å². The summed E-state index contributed by atoms with van der Waals surface area (Å²) in [5.41, 5.74) is -0.210. The summed E-state index contributed by atoms with van der Waals surface area (Å²) < 4.78 is 1.34. The summed E-state index contributed by atoms with van der Waals surface area (Å²) in [4.78, 5) is 32.6. The first kappa shape index (κ1) is 17.7. The normalized spacial score (nSPS) is 11.1. The number of benzene rings is 2. The summed E-state index contributed by atoms with van der Waals surface area (Å²) in [7, 11) is 1.52. The molecular weight excluding hydrogens is 358 g/mol. The van der Waals surface area contributed by atoms with E-state index < -0.39 is 15.8 Å². The SMILES string of the molecule is Cn1c(O)c(N=NC(=O)c2cccc([N+](=O)[O-])c2)c2cc([N+](=O)[O-])ccc21. The van der Waals surface area contributed by atoms with Crippen molar-refractivity contribution in [3.8, 4) is 5.88 Å². The summed E-state index contributed by atoms with van der Waals surface area (Å²) in [5, 5.41) is 39.4. The molecule has 0 saturated heterocycles. The van der Waals surface area contributed by atoms with Crippen LogP contribution >= 0.6 is 0 Å². The highest BCUT2D eigenvalue weighted by Gasteiger charge is 2.18. The average Bonchev–Trinajstić information content (AvgIpc) is 2.89. The van der Waals surface area contributed by atoms with Gasteiger partial charge in [0.05, 0.1) is 20.9 Å². The van der Waals surface area contributed by atoms with Gasteiger partial charge in [0.25, 0.3) is 17.3 Å². The molecule has 0 unspecified atom stereocenters. The van der Waals surface area contributed by atoms with Crippen molar-refractivity contribution >= 4 is 33.9 Å². The molecule has 1 heterocycles. The standard InChI is InChI=1S/C16H11N5O6/c1-19-13-6-5-11(21(26)27)8-12(13)14(16(19)23)17-18-15(22)9-3-2-4-10(7-9)20(24)25/h2-8,23H,1H3. The smallest absolute Gasteiger partial charge is 0.295 e. The number of carbonyl (C=O) groups is 1. The molecule has 0 radical (unpaired) electrons. The summed E-state index contributed by atoms with van der Waals surface area (Å²) in [5.74, 6) is -1.19. The molecule has 0 saturated carbocycles. The summed E-state index contributed by atoms with van der Waals surface area (Å²) >= 11 is 0. The molecule has 0 aliphatic heterocycles. The monoisotopic (exact) mass is 369 g/mol. The molecule has 3 aromatic rings. The quantitative estimate of drug-likeness (QED) is 0.421. The van der Waals surface area contributed by atoms with Crippen LogP contribution in [-0.4, -0.2) is 25.4 Å². The molecule has 27 heavy (non-hydrogen) atoms. The Balaban J connectivity index is 2.03. The third-order valence-corrected chi connectivity index (χ3v) is 3.88. The molecule has 0 atom stereocenters. The minimum absolute atomic E-state index is 0.0568. The summed E-state index contributed by atoms with van der Waals surface area (Å²) in [6.45, 7) is 0. The molecule has 1 amide bonds. The van der Waals surface area contributed by atoms with Crippen LogP contribution in [0.4, 0.5) is 17.1 Å². The molecule has 0 fully saturated rings. The predicted molar refractivity (Wildman–Crippen MR) is 93.2 cm³/mol. The van der Waals surface area contributed by atoms with Gasteiger partial charge in [-0.2, -0.15) is 0 Å². The maximum Gasteiger partial charge on any atom is 0.295 e. The van der Waals surface area contributed by atoms with Gasteiger partial charge >= 0.3 is 0 Å². The molecule has 11 nitrogen and oxygen atoms in total. The van der Waals surface area contributed by atoms with Crippen LogP contribution in [0.25, 0.3) is 10.9 Å². The van der Waals surface area contributed by atoms with Gasteiger partial charge in [0.15, 0.2) is 5.69 Å². The van der Waals surface area contributed by atoms with E-state index in [1.807, 2.05) is 0 Å². The Morgan fingerprint density at radius 2 is 1.74 bits per heavy atom.